The number of sulfonamides is 1. The van der Waals surface area contributed by atoms with Gasteiger partial charge < -0.3 is 15.0 Å². The van der Waals surface area contributed by atoms with E-state index >= 15 is 0 Å². The molecule has 0 saturated heterocycles. The van der Waals surface area contributed by atoms with Crippen LogP contribution in [0.4, 0.5) is 11.6 Å². The molecule has 12 heteroatoms. The molecule has 39 heavy (non-hydrogen) atoms. The van der Waals surface area contributed by atoms with Crippen LogP contribution < -0.4 is 10.0 Å². The highest BCUT2D eigenvalue weighted by molar-refractivity contribution is 7.92. The molecule has 11 nitrogen and oxygen atoms in total. The summed E-state index contributed by atoms with van der Waals surface area (Å²) in [6.45, 7) is 7.28. The van der Waals surface area contributed by atoms with Crippen LogP contribution in [-0.4, -0.2) is 46.3 Å². The fraction of sp³-hybridized carbons (Fsp3) is 0.222. The van der Waals surface area contributed by atoms with Gasteiger partial charge >= 0.3 is 5.97 Å². The van der Waals surface area contributed by atoms with Crippen LogP contribution >= 0.6 is 0 Å². The maximum atomic E-state index is 12.8. The largest absolute Gasteiger partial charge is 0.449 e. The Balaban J connectivity index is 1.37. The van der Waals surface area contributed by atoms with Crippen LogP contribution in [0.3, 0.4) is 0 Å². The number of nitrogens with zero attached hydrogens (tertiary/aromatic N) is 3. The van der Waals surface area contributed by atoms with E-state index < -0.39 is 28.0 Å². The van der Waals surface area contributed by atoms with Crippen LogP contribution in [0.2, 0.25) is 0 Å². The lowest BCUT2D eigenvalue weighted by molar-refractivity contribution is -0.124. The molecule has 0 aliphatic heterocycles. The number of amides is 1. The van der Waals surface area contributed by atoms with Gasteiger partial charge in [0.1, 0.15) is 5.82 Å². The number of ether oxygens (including phenoxy) is 1. The zero-order valence-electron chi connectivity index (χ0n) is 21.8. The van der Waals surface area contributed by atoms with Crippen LogP contribution in [0.15, 0.2) is 65.7 Å². The van der Waals surface area contributed by atoms with Gasteiger partial charge in [-0.15, -0.1) is 0 Å². The Kier molecular flexibility index (Phi) is 8.05. The standard InChI is InChI=1S/C27H28N6O5S/c1-5-23(38-26(35)20-8-6-19(7-9-20)24-30-17(3)18(4)31-24)25(34)32-21-10-12-22(13-11-21)39(36,37)33-27-28-15-14-16(2)29-27/h6-15,23H,5H2,1-4H3,(H,30,31)(H,32,34)(H,28,29,33). The number of aromatic nitrogens is 4. The second kappa shape index (κ2) is 11.4. The molecule has 202 valence electrons. The molecule has 0 aliphatic rings. The van der Waals surface area contributed by atoms with Gasteiger partial charge in [-0.3, -0.25) is 4.79 Å². The second-order valence-corrected chi connectivity index (χ2v) is 10.5. The number of benzene rings is 2. The molecule has 0 spiro atoms. The van der Waals surface area contributed by atoms with Crippen molar-refractivity contribution < 1.29 is 22.7 Å². The molecule has 2 aromatic heterocycles. The van der Waals surface area contributed by atoms with Gasteiger partial charge in [0.2, 0.25) is 5.95 Å². The zero-order chi connectivity index (χ0) is 28.2. The van der Waals surface area contributed by atoms with E-state index in [0.717, 1.165) is 17.0 Å². The first-order chi connectivity index (χ1) is 18.6. The minimum atomic E-state index is -3.93. The summed E-state index contributed by atoms with van der Waals surface area (Å²) < 4.78 is 33.0. The van der Waals surface area contributed by atoms with E-state index in [-0.39, 0.29) is 17.3 Å². The molecule has 0 radical (unpaired) electrons. The lowest BCUT2D eigenvalue weighted by Crippen LogP contribution is -2.32. The smallest absolute Gasteiger partial charge is 0.338 e. The number of hydrogen-bond donors (Lipinski definition) is 3. The van der Waals surface area contributed by atoms with Gasteiger partial charge in [0.15, 0.2) is 6.10 Å². The van der Waals surface area contributed by atoms with Gasteiger partial charge in [-0.2, -0.15) is 0 Å². The number of anilines is 2. The topological polar surface area (TPSA) is 156 Å². The lowest BCUT2D eigenvalue weighted by Gasteiger charge is -2.16. The molecule has 1 atom stereocenters. The first kappa shape index (κ1) is 27.5. The number of esters is 1. The minimum Gasteiger partial charge on any atom is -0.449 e. The van der Waals surface area contributed by atoms with Gasteiger partial charge in [0.05, 0.1) is 16.2 Å². The highest BCUT2D eigenvalue weighted by Crippen LogP contribution is 2.20. The van der Waals surface area contributed by atoms with E-state index in [1.165, 1.54) is 30.5 Å². The summed E-state index contributed by atoms with van der Waals surface area (Å²) in [5.41, 5.74) is 3.94. The van der Waals surface area contributed by atoms with E-state index in [2.05, 4.69) is 30.0 Å². The van der Waals surface area contributed by atoms with Crippen LogP contribution in [-0.2, 0) is 19.6 Å². The van der Waals surface area contributed by atoms with Crippen molar-refractivity contribution in [1.82, 2.24) is 19.9 Å². The monoisotopic (exact) mass is 548 g/mol. The van der Waals surface area contributed by atoms with Crippen molar-refractivity contribution in [1.29, 1.82) is 0 Å². The third-order valence-corrected chi connectivity index (χ3v) is 7.23. The van der Waals surface area contributed by atoms with Gasteiger partial charge in [-0.1, -0.05) is 19.1 Å². The Labute approximate surface area is 226 Å². The molecule has 0 saturated carbocycles. The van der Waals surface area contributed by atoms with Gasteiger partial charge in [-0.05, 0) is 69.7 Å². The Bertz CT molecular complexity index is 1580. The van der Waals surface area contributed by atoms with E-state index in [0.29, 0.717) is 22.8 Å². The van der Waals surface area contributed by atoms with Crippen molar-refractivity contribution in [2.24, 2.45) is 0 Å². The number of carbonyl (C=O) groups is 2. The summed E-state index contributed by atoms with van der Waals surface area (Å²) in [5, 5.41) is 2.66. The Morgan fingerprint density at radius 1 is 0.974 bits per heavy atom. The molecule has 0 fully saturated rings. The summed E-state index contributed by atoms with van der Waals surface area (Å²) >= 11 is 0. The zero-order valence-corrected chi connectivity index (χ0v) is 22.7. The second-order valence-electron chi connectivity index (χ2n) is 8.82. The lowest BCUT2D eigenvalue weighted by atomic mass is 10.1. The summed E-state index contributed by atoms with van der Waals surface area (Å²) in [7, 11) is -3.93. The number of H-pyrrole nitrogens is 1. The number of aryl methyl sites for hydroxylation is 3. The average Bonchev–Trinajstić information content (AvgIpc) is 3.25. The number of hydrogen-bond acceptors (Lipinski definition) is 8. The van der Waals surface area contributed by atoms with Gasteiger partial charge in [0.25, 0.3) is 15.9 Å². The molecule has 1 amide bonds. The Morgan fingerprint density at radius 3 is 2.26 bits per heavy atom. The van der Waals surface area contributed by atoms with Crippen molar-refractivity contribution >= 4 is 33.5 Å². The molecule has 2 heterocycles. The van der Waals surface area contributed by atoms with Crippen molar-refractivity contribution in [3.8, 4) is 11.4 Å². The van der Waals surface area contributed by atoms with Crippen LogP contribution in [0.1, 0.15) is 40.8 Å². The van der Waals surface area contributed by atoms with Crippen molar-refractivity contribution in [2.75, 3.05) is 10.0 Å². The SMILES string of the molecule is CCC(OC(=O)c1ccc(-c2nc(C)c(C)[nH]2)cc1)C(=O)Nc1ccc(S(=O)(=O)Nc2nccc(C)n2)cc1. The molecule has 1 unspecified atom stereocenters. The van der Waals surface area contributed by atoms with Gasteiger partial charge in [0, 0.05) is 28.8 Å². The van der Waals surface area contributed by atoms with E-state index in [1.807, 2.05) is 13.8 Å². The molecule has 2 aromatic carbocycles. The first-order valence-electron chi connectivity index (χ1n) is 12.1. The normalized spacial score (nSPS) is 12.0. The Hall–Kier alpha value is -4.58. The van der Waals surface area contributed by atoms with Crippen molar-refractivity contribution in [2.45, 2.75) is 45.1 Å². The molecular formula is C27H28N6O5S. The van der Waals surface area contributed by atoms with Crippen LogP contribution in [0.5, 0.6) is 0 Å². The number of aromatic amines is 1. The summed E-state index contributed by atoms with van der Waals surface area (Å²) in [6.07, 6.45) is 0.650. The van der Waals surface area contributed by atoms with Crippen LogP contribution in [0.25, 0.3) is 11.4 Å². The Morgan fingerprint density at radius 2 is 1.67 bits per heavy atom. The first-order valence-corrected chi connectivity index (χ1v) is 13.6. The minimum absolute atomic E-state index is 0.0348. The summed E-state index contributed by atoms with van der Waals surface area (Å²) in [4.78, 5) is 41.0. The molecule has 0 bridgehead atoms. The predicted octanol–water partition coefficient (Wildman–Crippen LogP) is 4.17. The van der Waals surface area contributed by atoms with Gasteiger partial charge in [-0.25, -0.2) is 32.9 Å². The third kappa shape index (κ3) is 6.65. The van der Waals surface area contributed by atoms with Crippen molar-refractivity contribution in [3.05, 3.63) is 83.4 Å². The average molecular weight is 549 g/mol. The number of imidazole rings is 1. The molecule has 3 N–H and O–H groups in total. The molecule has 4 rings (SSSR count). The quantitative estimate of drug-likeness (QED) is 0.263. The number of nitrogens with one attached hydrogen (secondary N) is 3. The summed E-state index contributed by atoms with van der Waals surface area (Å²) in [5.74, 6) is -0.512. The molecule has 4 aromatic rings. The van der Waals surface area contributed by atoms with E-state index in [9.17, 15) is 18.0 Å². The molecular weight excluding hydrogens is 520 g/mol. The highest BCUT2D eigenvalue weighted by atomic mass is 32.2. The van der Waals surface area contributed by atoms with Crippen LogP contribution in [0, 0.1) is 20.8 Å². The maximum Gasteiger partial charge on any atom is 0.338 e. The number of rotatable bonds is 9. The van der Waals surface area contributed by atoms with Crippen molar-refractivity contribution in [3.63, 3.8) is 0 Å². The maximum absolute atomic E-state index is 12.8. The molecule has 0 aliphatic carbocycles. The highest BCUT2D eigenvalue weighted by Gasteiger charge is 2.23. The number of carbonyl (C=O) groups excluding carboxylic acids is 2. The fourth-order valence-corrected chi connectivity index (χ4v) is 4.54. The predicted molar refractivity (Wildman–Crippen MR) is 146 cm³/mol. The van der Waals surface area contributed by atoms with E-state index in [4.69, 9.17) is 4.74 Å². The fourth-order valence-electron chi connectivity index (χ4n) is 3.59. The summed E-state index contributed by atoms with van der Waals surface area (Å²) in [6, 6.07) is 13.9. The van der Waals surface area contributed by atoms with E-state index in [1.54, 1.807) is 44.2 Å². The third-order valence-electron chi connectivity index (χ3n) is 5.89.